The van der Waals surface area contributed by atoms with Crippen LogP contribution in [0.1, 0.15) is 21.8 Å². The van der Waals surface area contributed by atoms with E-state index in [4.69, 9.17) is 9.47 Å². The Balaban J connectivity index is 1.87. The first-order valence-corrected chi connectivity index (χ1v) is 7.61. The molecule has 0 bridgehead atoms. The molecule has 2 aromatic carbocycles. The Morgan fingerprint density at radius 2 is 1.71 bits per heavy atom. The summed E-state index contributed by atoms with van der Waals surface area (Å²) < 4.78 is 10.2. The van der Waals surface area contributed by atoms with Gasteiger partial charge in [0.15, 0.2) is 11.2 Å². The van der Waals surface area contributed by atoms with Crippen LogP contribution in [-0.2, 0) is 14.3 Å². The Bertz CT molecular complexity index is 857. The highest BCUT2D eigenvalue weighted by Crippen LogP contribution is 2.68. The largest absolute Gasteiger partial charge is 0.469 e. The monoisotopic (exact) mass is 322 g/mol. The number of carbonyl (C=O) groups excluding carboxylic acids is 3. The number of Topliss-reactive ketones (excluding diaryl/α,β-unsaturated/α-hetero) is 1. The zero-order chi connectivity index (χ0) is 16.9. The second-order valence-corrected chi connectivity index (χ2v) is 5.97. The highest BCUT2D eigenvalue weighted by Gasteiger charge is 2.80. The maximum atomic E-state index is 13.1. The van der Waals surface area contributed by atoms with Crippen LogP contribution in [0.2, 0.25) is 0 Å². The lowest BCUT2D eigenvalue weighted by atomic mass is 9.86. The molecule has 5 heteroatoms. The average molecular weight is 322 g/mol. The van der Waals surface area contributed by atoms with Crippen molar-refractivity contribution < 1.29 is 23.9 Å². The van der Waals surface area contributed by atoms with E-state index in [1.54, 1.807) is 36.4 Å². The van der Waals surface area contributed by atoms with Crippen LogP contribution in [0, 0.1) is 11.3 Å². The molecule has 1 saturated carbocycles. The van der Waals surface area contributed by atoms with Crippen molar-refractivity contribution >= 4 is 17.7 Å². The summed E-state index contributed by atoms with van der Waals surface area (Å²) in [6.45, 7) is 0. The maximum Gasteiger partial charge on any atom is 0.327 e. The van der Waals surface area contributed by atoms with E-state index in [1.807, 2.05) is 18.2 Å². The molecule has 1 aliphatic carbocycles. The first-order valence-electron chi connectivity index (χ1n) is 7.61. The molecule has 1 aliphatic heterocycles. The summed E-state index contributed by atoms with van der Waals surface area (Å²) in [5, 5.41) is 0. The van der Waals surface area contributed by atoms with E-state index in [-0.39, 0.29) is 11.5 Å². The number of methoxy groups -OCH3 is 1. The van der Waals surface area contributed by atoms with Gasteiger partial charge in [-0.25, -0.2) is 0 Å². The second-order valence-electron chi connectivity index (χ2n) is 5.97. The molecule has 1 heterocycles. The zero-order valence-corrected chi connectivity index (χ0v) is 12.9. The minimum Gasteiger partial charge on any atom is -0.469 e. The van der Waals surface area contributed by atoms with Crippen LogP contribution in [0.15, 0.2) is 54.6 Å². The Labute approximate surface area is 138 Å². The number of ether oxygens (including phenoxy) is 2. The molecule has 5 nitrogen and oxygen atoms in total. The highest BCUT2D eigenvalue weighted by atomic mass is 16.5. The predicted octanol–water partition coefficient (Wildman–Crippen LogP) is 2.36. The molecule has 0 N–H and O–H groups in total. The van der Waals surface area contributed by atoms with Crippen molar-refractivity contribution in [3.8, 4) is 5.75 Å². The highest BCUT2D eigenvalue weighted by molar-refractivity contribution is 6.23. The van der Waals surface area contributed by atoms with E-state index in [0.29, 0.717) is 5.56 Å². The normalized spacial score (nSPS) is 27.4. The maximum absolute atomic E-state index is 13.1. The number of benzene rings is 2. The molecule has 2 aromatic rings. The van der Waals surface area contributed by atoms with Gasteiger partial charge in [0.25, 0.3) is 0 Å². The number of fused-ring (bicyclic) bond motifs is 1. The Morgan fingerprint density at radius 3 is 2.42 bits per heavy atom. The second kappa shape index (κ2) is 5.03. The molecule has 0 aromatic heterocycles. The summed E-state index contributed by atoms with van der Waals surface area (Å²) in [6.07, 6.45) is 0. The molecule has 0 saturated heterocycles. The summed E-state index contributed by atoms with van der Waals surface area (Å²) in [6, 6.07) is 15.6. The molecule has 0 radical (unpaired) electrons. The first-order chi connectivity index (χ1) is 11.6. The number of esters is 2. The predicted molar refractivity (Wildman–Crippen MR) is 83.5 cm³/mol. The van der Waals surface area contributed by atoms with Crippen LogP contribution in [0.4, 0.5) is 0 Å². The molecular weight excluding hydrogens is 308 g/mol. The molecule has 120 valence electrons. The summed E-state index contributed by atoms with van der Waals surface area (Å²) in [5.41, 5.74) is -0.454. The van der Waals surface area contributed by atoms with E-state index in [1.165, 1.54) is 7.11 Å². The SMILES string of the molecule is COC(=O)C1C(c2ccccc2)C12C(=O)Oc1ccccc1C2=O. The Hall–Kier alpha value is -2.95. The fourth-order valence-corrected chi connectivity index (χ4v) is 3.73. The summed E-state index contributed by atoms with van der Waals surface area (Å²) in [4.78, 5) is 38.1. The van der Waals surface area contributed by atoms with Crippen LogP contribution in [0.3, 0.4) is 0 Å². The minimum absolute atomic E-state index is 0.237. The lowest BCUT2D eigenvalue weighted by Crippen LogP contribution is -2.39. The van der Waals surface area contributed by atoms with Crippen molar-refractivity contribution in [3.05, 3.63) is 65.7 Å². The van der Waals surface area contributed by atoms with E-state index >= 15 is 0 Å². The van der Waals surface area contributed by atoms with E-state index in [2.05, 4.69) is 0 Å². The van der Waals surface area contributed by atoms with E-state index in [9.17, 15) is 14.4 Å². The quantitative estimate of drug-likeness (QED) is 0.482. The zero-order valence-electron chi connectivity index (χ0n) is 12.9. The lowest BCUT2D eigenvalue weighted by Gasteiger charge is -2.23. The van der Waals surface area contributed by atoms with Crippen molar-refractivity contribution in [2.75, 3.05) is 7.11 Å². The van der Waals surface area contributed by atoms with Crippen LogP contribution < -0.4 is 4.74 Å². The smallest absolute Gasteiger partial charge is 0.327 e. The van der Waals surface area contributed by atoms with Crippen LogP contribution >= 0.6 is 0 Å². The van der Waals surface area contributed by atoms with Crippen molar-refractivity contribution in [1.29, 1.82) is 0 Å². The van der Waals surface area contributed by atoms with Crippen LogP contribution in [-0.4, -0.2) is 24.8 Å². The van der Waals surface area contributed by atoms with Gasteiger partial charge < -0.3 is 9.47 Å². The Kier molecular flexibility index (Phi) is 3.06. The van der Waals surface area contributed by atoms with Crippen molar-refractivity contribution in [1.82, 2.24) is 0 Å². The summed E-state index contributed by atoms with van der Waals surface area (Å²) in [5.74, 6) is -2.83. The fraction of sp³-hybridized carbons (Fsp3) is 0.211. The van der Waals surface area contributed by atoms with Gasteiger partial charge in [0.05, 0.1) is 18.6 Å². The number of hydrogen-bond donors (Lipinski definition) is 0. The molecule has 24 heavy (non-hydrogen) atoms. The van der Waals surface area contributed by atoms with Gasteiger partial charge >= 0.3 is 11.9 Å². The van der Waals surface area contributed by atoms with Gasteiger partial charge in [0.1, 0.15) is 5.75 Å². The lowest BCUT2D eigenvalue weighted by molar-refractivity contribution is -0.148. The molecular formula is C19H14O5. The van der Waals surface area contributed by atoms with Crippen molar-refractivity contribution in [3.63, 3.8) is 0 Å². The van der Waals surface area contributed by atoms with Gasteiger partial charge in [0, 0.05) is 5.92 Å². The number of para-hydroxylation sites is 1. The number of ketones is 1. The molecule has 0 amide bonds. The van der Waals surface area contributed by atoms with E-state index in [0.717, 1.165) is 5.56 Å². The number of carbonyl (C=O) groups is 3. The third kappa shape index (κ3) is 1.72. The standard InChI is InChI=1S/C19H14O5/c1-23-17(21)15-14(11-7-3-2-4-8-11)19(15)16(20)12-9-5-6-10-13(12)24-18(19)22/h2-10,14-15H,1H3. The van der Waals surface area contributed by atoms with Crippen molar-refractivity contribution in [2.45, 2.75) is 5.92 Å². The van der Waals surface area contributed by atoms with Crippen LogP contribution in [0.5, 0.6) is 5.75 Å². The third-order valence-electron chi connectivity index (χ3n) is 4.87. The number of rotatable bonds is 2. The van der Waals surface area contributed by atoms with Gasteiger partial charge in [-0.05, 0) is 17.7 Å². The third-order valence-corrected chi connectivity index (χ3v) is 4.87. The fourth-order valence-electron chi connectivity index (χ4n) is 3.73. The van der Waals surface area contributed by atoms with Crippen molar-refractivity contribution in [2.24, 2.45) is 11.3 Å². The molecule has 1 fully saturated rings. The van der Waals surface area contributed by atoms with Gasteiger partial charge in [-0.2, -0.15) is 0 Å². The van der Waals surface area contributed by atoms with Gasteiger partial charge in [-0.15, -0.1) is 0 Å². The van der Waals surface area contributed by atoms with Gasteiger partial charge in [0.2, 0.25) is 0 Å². The Morgan fingerprint density at radius 1 is 1.04 bits per heavy atom. The van der Waals surface area contributed by atoms with E-state index < -0.39 is 29.2 Å². The topological polar surface area (TPSA) is 69.7 Å². The molecule has 3 atom stereocenters. The van der Waals surface area contributed by atoms with Gasteiger partial charge in [-0.3, -0.25) is 14.4 Å². The first kappa shape index (κ1) is 14.6. The molecule has 3 unspecified atom stereocenters. The summed E-state index contributed by atoms with van der Waals surface area (Å²) >= 11 is 0. The van der Waals surface area contributed by atoms with Crippen LogP contribution in [0.25, 0.3) is 0 Å². The number of hydrogen-bond acceptors (Lipinski definition) is 5. The minimum atomic E-state index is -1.52. The molecule has 2 aliphatic rings. The summed E-state index contributed by atoms with van der Waals surface area (Å²) in [7, 11) is 1.25. The molecule has 1 spiro atoms. The average Bonchev–Trinajstić information content (AvgIpc) is 3.31. The van der Waals surface area contributed by atoms with Gasteiger partial charge in [-0.1, -0.05) is 42.5 Å². The molecule has 4 rings (SSSR count).